The molecule has 2 heterocycles. The van der Waals surface area contributed by atoms with Crippen molar-refractivity contribution in [1.29, 1.82) is 0 Å². The van der Waals surface area contributed by atoms with E-state index in [1.165, 1.54) is 25.5 Å². The number of carbonyl (C=O) groups excluding carboxylic acids is 1. The van der Waals surface area contributed by atoms with E-state index in [9.17, 15) is 13.2 Å². The molecule has 2 saturated carbocycles. The van der Waals surface area contributed by atoms with Crippen LogP contribution in [-0.2, 0) is 21.1 Å². The van der Waals surface area contributed by atoms with Gasteiger partial charge in [0, 0.05) is 43.7 Å². The van der Waals surface area contributed by atoms with Gasteiger partial charge in [0.1, 0.15) is 6.10 Å². The molecule has 0 N–H and O–H groups in total. The topological polar surface area (TPSA) is 79.8 Å². The number of ether oxygens (including phenoxy) is 1. The molecule has 3 atom stereocenters. The molecule has 2 bridgehead atoms. The van der Waals surface area contributed by atoms with Gasteiger partial charge >= 0.3 is 6.09 Å². The first-order valence-corrected chi connectivity index (χ1v) is 14.6. The van der Waals surface area contributed by atoms with Gasteiger partial charge in [0.05, 0.1) is 10.6 Å². The number of aromatic nitrogens is 1. The number of piperidine rings is 1. The van der Waals surface area contributed by atoms with Crippen LogP contribution in [0.1, 0.15) is 44.1 Å². The average molecular weight is 498 g/mol. The Kier molecular flexibility index (Phi) is 6.86. The zero-order valence-corrected chi connectivity index (χ0v) is 21.4. The van der Waals surface area contributed by atoms with Crippen LogP contribution in [0.25, 0.3) is 11.3 Å². The summed E-state index contributed by atoms with van der Waals surface area (Å²) in [5, 5.41) is 0. The van der Waals surface area contributed by atoms with Crippen molar-refractivity contribution in [2.45, 2.75) is 62.1 Å². The Bertz CT molecular complexity index is 1140. The van der Waals surface area contributed by atoms with Crippen molar-refractivity contribution in [3.8, 4) is 11.3 Å². The lowest BCUT2D eigenvalue weighted by Crippen LogP contribution is -2.46. The van der Waals surface area contributed by atoms with Crippen molar-refractivity contribution in [3.63, 3.8) is 0 Å². The van der Waals surface area contributed by atoms with Crippen LogP contribution in [0.15, 0.2) is 47.5 Å². The van der Waals surface area contributed by atoms with Crippen LogP contribution in [0, 0.1) is 11.8 Å². The molecule has 1 aromatic carbocycles. The molecule has 2 aromatic rings. The predicted molar refractivity (Wildman–Crippen MR) is 135 cm³/mol. The summed E-state index contributed by atoms with van der Waals surface area (Å²) in [4.78, 5) is 21.8. The predicted octanol–water partition coefficient (Wildman–Crippen LogP) is 4.37. The Morgan fingerprint density at radius 3 is 2.37 bits per heavy atom. The van der Waals surface area contributed by atoms with Crippen molar-refractivity contribution < 1.29 is 17.9 Å². The van der Waals surface area contributed by atoms with Crippen molar-refractivity contribution in [2.24, 2.45) is 11.8 Å². The monoisotopic (exact) mass is 497 g/mol. The highest BCUT2D eigenvalue weighted by atomic mass is 32.2. The van der Waals surface area contributed by atoms with Crippen LogP contribution in [0.2, 0.25) is 0 Å². The van der Waals surface area contributed by atoms with E-state index < -0.39 is 9.84 Å². The minimum atomic E-state index is -3.20. The van der Waals surface area contributed by atoms with E-state index in [0.717, 1.165) is 61.6 Å². The van der Waals surface area contributed by atoms with E-state index in [0.29, 0.717) is 16.9 Å². The first kappa shape index (κ1) is 24.3. The zero-order chi connectivity index (χ0) is 24.6. The van der Waals surface area contributed by atoms with Crippen molar-refractivity contribution in [1.82, 2.24) is 14.8 Å². The highest BCUT2D eigenvalue weighted by molar-refractivity contribution is 7.90. The van der Waals surface area contributed by atoms with Crippen LogP contribution < -0.4 is 0 Å². The third-order valence-electron chi connectivity index (χ3n) is 8.11. The number of likely N-dealkylation sites (tertiary alicyclic amines) is 1. The van der Waals surface area contributed by atoms with Gasteiger partial charge in [-0.25, -0.2) is 13.2 Å². The van der Waals surface area contributed by atoms with Crippen LogP contribution in [0.5, 0.6) is 0 Å². The molecule has 1 amide bonds. The summed E-state index contributed by atoms with van der Waals surface area (Å²) in [6.07, 6.45) is 9.86. The summed E-state index contributed by atoms with van der Waals surface area (Å²) < 4.78 is 29.2. The Hall–Kier alpha value is -2.45. The molecule has 3 aliphatic rings. The number of rotatable bonds is 6. The molecule has 0 radical (unpaired) electrons. The summed E-state index contributed by atoms with van der Waals surface area (Å²) in [5.41, 5.74) is 2.84. The maximum atomic E-state index is 12.7. The third-order valence-corrected chi connectivity index (χ3v) is 9.23. The van der Waals surface area contributed by atoms with Crippen LogP contribution in [0.3, 0.4) is 0 Å². The Balaban J connectivity index is 1.10. The van der Waals surface area contributed by atoms with Gasteiger partial charge in [-0.1, -0.05) is 18.2 Å². The lowest BCUT2D eigenvalue weighted by atomic mass is 9.98. The summed E-state index contributed by atoms with van der Waals surface area (Å²) >= 11 is 0. The maximum absolute atomic E-state index is 12.7. The highest BCUT2D eigenvalue weighted by Crippen LogP contribution is 2.46. The van der Waals surface area contributed by atoms with Crippen molar-refractivity contribution in [3.05, 3.63) is 48.2 Å². The molecule has 1 saturated heterocycles. The second-order valence-corrected chi connectivity index (χ2v) is 12.6. The smallest absolute Gasteiger partial charge is 0.410 e. The van der Waals surface area contributed by atoms with Gasteiger partial charge in [-0.15, -0.1) is 0 Å². The molecule has 1 aromatic heterocycles. The Morgan fingerprint density at radius 1 is 1.06 bits per heavy atom. The second kappa shape index (κ2) is 9.90. The number of nitrogens with zero attached hydrogens (tertiary/aromatic N) is 3. The number of benzene rings is 1. The van der Waals surface area contributed by atoms with Crippen molar-refractivity contribution >= 4 is 15.9 Å². The van der Waals surface area contributed by atoms with Gasteiger partial charge < -0.3 is 9.64 Å². The SMILES string of the molecule is CN(Cc1ccc(-c2ccc(S(C)(=O)=O)cc2)nc1)C1CCN(C(=O)O[C@@H]2C[C@H]3CC[C@@H]2C3)CC1. The number of sulfone groups is 1. The van der Waals surface area contributed by atoms with E-state index in [1.807, 2.05) is 17.2 Å². The van der Waals surface area contributed by atoms with E-state index in [4.69, 9.17) is 4.74 Å². The van der Waals surface area contributed by atoms with Crippen LogP contribution >= 0.6 is 0 Å². The summed E-state index contributed by atoms with van der Waals surface area (Å²) in [6.45, 7) is 2.28. The van der Waals surface area contributed by atoms with Crippen LogP contribution in [-0.4, -0.2) is 67.8 Å². The molecule has 3 fully saturated rings. The van der Waals surface area contributed by atoms with E-state index in [2.05, 4.69) is 23.0 Å². The Labute approximate surface area is 208 Å². The van der Waals surface area contributed by atoms with Crippen molar-refractivity contribution in [2.75, 3.05) is 26.4 Å². The molecule has 188 valence electrons. The molecular formula is C27H35N3O4S. The zero-order valence-electron chi connectivity index (χ0n) is 20.6. The van der Waals surface area contributed by atoms with E-state index >= 15 is 0 Å². The maximum Gasteiger partial charge on any atom is 0.410 e. The van der Waals surface area contributed by atoms with Crippen LogP contribution in [0.4, 0.5) is 4.79 Å². The van der Waals surface area contributed by atoms with E-state index in [1.54, 1.807) is 24.3 Å². The first-order valence-electron chi connectivity index (χ1n) is 12.7. The summed E-state index contributed by atoms with van der Waals surface area (Å²) in [7, 11) is -1.07. The molecule has 1 aliphatic heterocycles. The lowest BCUT2D eigenvalue weighted by molar-refractivity contribution is 0.0265. The number of carbonyl (C=O) groups is 1. The summed E-state index contributed by atoms with van der Waals surface area (Å²) in [6, 6.07) is 11.3. The minimum absolute atomic E-state index is 0.118. The number of pyridine rings is 1. The number of hydrogen-bond donors (Lipinski definition) is 0. The molecule has 7 nitrogen and oxygen atoms in total. The van der Waals surface area contributed by atoms with Gasteiger partial charge in [0.25, 0.3) is 0 Å². The number of hydrogen-bond acceptors (Lipinski definition) is 6. The molecule has 2 aliphatic carbocycles. The fraction of sp³-hybridized carbons (Fsp3) is 0.556. The molecule has 0 unspecified atom stereocenters. The van der Waals surface area contributed by atoms with Gasteiger partial charge in [0.2, 0.25) is 0 Å². The van der Waals surface area contributed by atoms with Gasteiger partial charge in [-0.05, 0) is 81.2 Å². The first-order chi connectivity index (χ1) is 16.8. The average Bonchev–Trinajstić information content (AvgIpc) is 3.48. The number of fused-ring (bicyclic) bond motifs is 2. The molecule has 8 heteroatoms. The minimum Gasteiger partial charge on any atom is -0.446 e. The standard InChI is InChI=1S/C27H35N3O4S/c1-29(18-20-4-10-25(28-17-20)21-6-8-24(9-7-21)35(2,32)33)23-11-13-30(14-12-23)27(31)34-26-16-19-3-5-22(26)15-19/h4,6-10,17,19,22-23,26H,3,5,11-16,18H2,1-2H3/t19-,22+,26+/m0/s1. The number of amides is 1. The molecule has 5 rings (SSSR count). The highest BCUT2D eigenvalue weighted by Gasteiger charge is 2.42. The Morgan fingerprint density at radius 2 is 1.80 bits per heavy atom. The quantitative estimate of drug-likeness (QED) is 0.590. The lowest BCUT2D eigenvalue weighted by Gasteiger charge is -2.37. The van der Waals surface area contributed by atoms with Gasteiger partial charge in [-0.2, -0.15) is 0 Å². The van der Waals surface area contributed by atoms with E-state index in [-0.39, 0.29) is 12.2 Å². The van der Waals surface area contributed by atoms with Gasteiger partial charge in [0.15, 0.2) is 9.84 Å². The summed E-state index contributed by atoms with van der Waals surface area (Å²) in [5.74, 6) is 1.38. The molecular weight excluding hydrogens is 462 g/mol. The molecule has 35 heavy (non-hydrogen) atoms. The second-order valence-electron chi connectivity index (χ2n) is 10.6. The third kappa shape index (κ3) is 5.54. The fourth-order valence-electron chi connectivity index (χ4n) is 6.00. The fourth-order valence-corrected chi connectivity index (χ4v) is 6.63. The van der Waals surface area contributed by atoms with Gasteiger partial charge in [-0.3, -0.25) is 9.88 Å². The molecule has 0 spiro atoms. The normalized spacial score (nSPS) is 24.8. The largest absolute Gasteiger partial charge is 0.446 e.